The number of nitrogens with zero attached hydrogens (tertiary/aromatic N) is 2. The molecule has 1 atom stereocenters. The van der Waals surface area contributed by atoms with Crippen LogP contribution in [0.2, 0.25) is 0 Å². The zero-order chi connectivity index (χ0) is 15.8. The second kappa shape index (κ2) is 9.10. The second-order valence-corrected chi connectivity index (χ2v) is 6.04. The smallest absolute Gasteiger partial charge is 0.307 e. The topological polar surface area (TPSA) is 58.6 Å². The van der Waals surface area contributed by atoms with E-state index in [9.17, 15) is 9.59 Å². The van der Waals surface area contributed by atoms with E-state index >= 15 is 0 Å². The van der Waals surface area contributed by atoms with E-state index in [-0.39, 0.29) is 18.0 Å². The minimum absolute atomic E-state index is 0.0906. The van der Waals surface area contributed by atoms with Gasteiger partial charge < -0.3 is 19.3 Å². The molecule has 2 heterocycles. The van der Waals surface area contributed by atoms with Gasteiger partial charge >= 0.3 is 5.97 Å². The fraction of sp³-hybridized carbons (Fsp3) is 0.875. The van der Waals surface area contributed by atoms with Crippen LogP contribution in [0.15, 0.2) is 0 Å². The molecule has 2 saturated heterocycles. The van der Waals surface area contributed by atoms with Crippen molar-refractivity contribution in [2.24, 2.45) is 0 Å². The van der Waals surface area contributed by atoms with Crippen molar-refractivity contribution >= 4 is 11.9 Å². The molecule has 0 aliphatic carbocycles. The lowest BCUT2D eigenvalue weighted by molar-refractivity contribution is -0.148. The molecule has 2 rings (SSSR count). The van der Waals surface area contributed by atoms with Crippen molar-refractivity contribution in [3.63, 3.8) is 0 Å². The molecule has 2 aliphatic heterocycles. The maximum Gasteiger partial charge on any atom is 0.307 e. The SMILES string of the molecule is CCCCC(COC(=O)CCN1CC1)OCCC(=O)N1CC1. The number of carbonyl (C=O) groups excluding carboxylic acids is 2. The van der Waals surface area contributed by atoms with Gasteiger partial charge in [-0.3, -0.25) is 9.59 Å². The lowest BCUT2D eigenvalue weighted by atomic mass is 10.2. The molecule has 0 spiro atoms. The van der Waals surface area contributed by atoms with Gasteiger partial charge in [0.2, 0.25) is 5.91 Å². The summed E-state index contributed by atoms with van der Waals surface area (Å²) in [5, 5.41) is 0. The minimum Gasteiger partial charge on any atom is -0.463 e. The molecule has 126 valence electrons. The Morgan fingerprint density at radius 3 is 2.55 bits per heavy atom. The van der Waals surface area contributed by atoms with Crippen LogP contribution in [-0.2, 0) is 19.1 Å². The van der Waals surface area contributed by atoms with Crippen molar-refractivity contribution in [1.82, 2.24) is 9.80 Å². The van der Waals surface area contributed by atoms with Crippen molar-refractivity contribution in [2.75, 3.05) is 45.9 Å². The third kappa shape index (κ3) is 7.22. The highest BCUT2D eigenvalue weighted by Crippen LogP contribution is 2.10. The number of carbonyl (C=O) groups is 2. The molecule has 2 fully saturated rings. The van der Waals surface area contributed by atoms with Crippen LogP contribution >= 0.6 is 0 Å². The van der Waals surface area contributed by atoms with Gasteiger partial charge in [0.15, 0.2) is 0 Å². The average Bonchev–Trinajstić information content (AvgIpc) is 3.40. The summed E-state index contributed by atoms with van der Waals surface area (Å²) in [5.74, 6) is 0.00175. The Hall–Kier alpha value is -1.14. The normalized spacial score (nSPS) is 18.1. The van der Waals surface area contributed by atoms with Crippen molar-refractivity contribution < 1.29 is 19.1 Å². The minimum atomic E-state index is -0.155. The highest BCUT2D eigenvalue weighted by molar-refractivity contribution is 5.78. The van der Waals surface area contributed by atoms with Gasteiger partial charge in [0.1, 0.15) is 6.61 Å². The summed E-state index contributed by atoms with van der Waals surface area (Å²) in [6, 6.07) is 0. The number of unbranched alkanes of at least 4 members (excludes halogenated alkanes) is 1. The third-order valence-corrected chi connectivity index (χ3v) is 3.95. The van der Waals surface area contributed by atoms with Crippen LogP contribution in [0.1, 0.15) is 39.0 Å². The molecule has 2 aliphatic rings. The Balaban J connectivity index is 1.58. The van der Waals surface area contributed by atoms with Gasteiger partial charge in [-0.2, -0.15) is 0 Å². The standard InChI is InChI=1S/C16H28N2O4/c1-2-3-4-14(21-12-6-15(19)18-10-11-18)13-22-16(20)5-7-17-8-9-17/h14H,2-13H2,1H3. The predicted molar refractivity (Wildman–Crippen MR) is 82.5 cm³/mol. The van der Waals surface area contributed by atoms with E-state index in [1.807, 2.05) is 0 Å². The maximum atomic E-state index is 11.7. The van der Waals surface area contributed by atoms with Crippen molar-refractivity contribution in [2.45, 2.75) is 45.1 Å². The molecular formula is C16H28N2O4. The second-order valence-electron chi connectivity index (χ2n) is 6.04. The molecule has 1 amide bonds. The molecule has 0 saturated carbocycles. The molecule has 1 unspecified atom stereocenters. The number of esters is 1. The van der Waals surface area contributed by atoms with Crippen molar-refractivity contribution in [1.29, 1.82) is 0 Å². The summed E-state index contributed by atoms with van der Waals surface area (Å²) in [7, 11) is 0. The number of ether oxygens (including phenoxy) is 2. The lowest BCUT2D eigenvalue weighted by Gasteiger charge is -2.18. The summed E-state index contributed by atoms with van der Waals surface area (Å²) < 4.78 is 11.1. The maximum absolute atomic E-state index is 11.7. The molecule has 0 radical (unpaired) electrons. The van der Waals surface area contributed by atoms with Gasteiger partial charge in [0.25, 0.3) is 0 Å². The molecule has 6 nitrogen and oxygen atoms in total. The van der Waals surface area contributed by atoms with Crippen LogP contribution in [-0.4, -0.2) is 73.7 Å². The van der Waals surface area contributed by atoms with Gasteiger partial charge in [0.05, 0.1) is 25.6 Å². The molecule has 22 heavy (non-hydrogen) atoms. The molecule has 0 aromatic rings. The van der Waals surface area contributed by atoms with Crippen LogP contribution in [0.25, 0.3) is 0 Å². The number of amides is 1. The third-order valence-electron chi connectivity index (χ3n) is 3.95. The van der Waals surface area contributed by atoms with Gasteiger partial charge in [-0.15, -0.1) is 0 Å². The first-order chi connectivity index (χ1) is 10.7. The molecular weight excluding hydrogens is 284 g/mol. The first-order valence-corrected chi connectivity index (χ1v) is 8.46. The van der Waals surface area contributed by atoms with Crippen LogP contribution in [0.4, 0.5) is 0 Å². The fourth-order valence-electron chi connectivity index (χ4n) is 2.22. The molecule has 0 bridgehead atoms. The molecule has 0 aromatic heterocycles. The van der Waals surface area contributed by atoms with E-state index in [1.165, 1.54) is 0 Å². The summed E-state index contributed by atoms with van der Waals surface area (Å²) in [6.45, 7) is 7.59. The van der Waals surface area contributed by atoms with E-state index in [0.29, 0.717) is 26.1 Å². The van der Waals surface area contributed by atoms with Crippen LogP contribution < -0.4 is 0 Å². The number of hydrogen-bond donors (Lipinski definition) is 0. The first-order valence-electron chi connectivity index (χ1n) is 8.46. The van der Waals surface area contributed by atoms with E-state index in [1.54, 1.807) is 4.90 Å². The summed E-state index contributed by atoms with van der Waals surface area (Å²) in [5.41, 5.74) is 0. The van der Waals surface area contributed by atoms with Gasteiger partial charge in [-0.25, -0.2) is 0 Å². The largest absolute Gasteiger partial charge is 0.463 e. The van der Waals surface area contributed by atoms with Gasteiger partial charge in [-0.05, 0) is 6.42 Å². The van der Waals surface area contributed by atoms with Crippen LogP contribution in [0.5, 0.6) is 0 Å². The Morgan fingerprint density at radius 1 is 1.14 bits per heavy atom. The van der Waals surface area contributed by atoms with Crippen molar-refractivity contribution in [3.8, 4) is 0 Å². The summed E-state index contributed by atoms with van der Waals surface area (Å²) in [6.07, 6.45) is 3.77. The van der Waals surface area contributed by atoms with Crippen molar-refractivity contribution in [3.05, 3.63) is 0 Å². The lowest BCUT2D eigenvalue weighted by Crippen LogP contribution is -2.25. The van der Waals surface area contributed by atoms with E-state index in [2.05, 4.69) is 11.8 Å². The Bertz CT molecular complexity index is 367. The quantitative estimate of drug-likeness (QED) is 0.398. The molecule has 0 N–H and O–H groups in total. The summed E-state index contributed by atoms with van der Waals surface area (Å²) in [4.78, 5) is 27.2. The van der Waals surface area contributed by atoms with Crippen LogP contribution in [0, 0.1) is 0 Å². The first kappa shape index (κ1) is 17.2. The zero-order valence-electron chi connectivity index (χ0n) is 13.6. The van der Waals surface area contributed by atoms with Gasteiger partial charge in [-0.1, -0.05) is 19.8 Å². The van der Waals surface area contributed by atoms with E-state index in [0.717, 1.165) is 52.0 Å². The fourth-order valence-corrected chi connectivity index (χ4v) is 2.22. The van der Waals surface area contributed by atoms with E-state index < -0.39 is 0 Å². The Morgan fingerprint density at radius 2 is 1.91 bits per heavy atom. The predicted octanol–water partition coefficient (Wildman–Crippen LogP) is 1.04. The average molecular weight is 312 g/mol. The number of hydrogen-bond acceptors (Lipinski definition) is 5. The van der Waals surface area contributed by atoms with Crippen LogP contribution in [0.3, 0.4) is 0 Å². The van der Waals surface area contributed by atoms with E-state index in [4.69, 9.17) is 9.47 Å². The Labute approximate surface area is 132 Å². The van der Waals surface area contributed by atoms with Gasteiger partial charge in [0, 0.05) is 32.7 Å². The highest BCUT2D eigenvalue weighted by atomic mass is 16.6. The zero-order valence-corrected chi connectivity index (χ0v) is 13.6. The Kier molecular flexibility index (Phi) is 7.12. The molecule has 0 aromatic carbocycles. The monoisotopic (exact) mass is 312 g/mol. The summed E-state index contributed by atoms with van der Waals surface area (Å²) >= 11 is 0. The highest BCUT2D eigenvalue weighted by Gasteiger charge is 2.24. The number of rotatable bonds is 12. The molecule has 6 heteroatoms.